The predicted octanol–water partition coefficient (Wildman–Crippen LogP) is 5.62. The lowest BCUT2D eigenvalue weighted by Crippen LogP contribution is -2.12. The Hall–Kier alpha value is -3.35. The smallest absolute Gasteiger partial charge is 0.258 e. The number of para-hydroxylation sites is 3. The molecule has 2 aromatic carbocycles. The number of ether oxygens (including phenoxy) is 1. The van der Waals surface area contributed by atoms with Crippen molar-refractivity contribution < 1.29 is 9.53 Å². The maximum atomic E-state index is 12.7. The van der Waals surface area contributed by atoms with Gasteiger partial charge in [0, 0.05) is 12.4 Å². The van der Waals surface area contributed by atoms with Gasteiger partial charge in [-0.3, -0.25) is 4.79 Å². The summed E-state index contributed by atoms with van der Waals surface area (Å²) in [5.74, 6) is 0.265. The highest BCUT2D eigenvalue weighted by molar-refractivity contribution is 6.35. The molecule has 8 heteroatoms. The Morgan fingerprint density at radius 2 is 1.76 bits per heavy atom. The third-order valence-electron chi connectivity index (χ3n) is 3.98. The van der Waals surface area contributed by atoms with Gasteiger partial charge in [0.05, 0.1) is 28.2 Å². The molecular formula is C21H14Cl2N4O2. The number of carbonyl (C=O) groups excluding carboxylic acids is 1. The van der Waals surface area contributed by atoms with Crippen LogP contribution in [0.15, 0.2) is 79.3 Å². The minimum absolute atomic E-state index is 0.190. The zero-order valence-electron chi connectivity index (χ0n) is 14.9. The number of benzene rings is 2. The van der Waals surface area contributed by atoms with E-state index in [9.17, 15) is 4.79 Å². The summed E-state index contributed by atoms with van der Waals surface area (Å²) >= 11 is 12.0. The molecule has 1 amide bonds. The van der Waals surface area contributed by atoms with Crippen LogP contribution in [0.1, 0.15) is 10.4 Å². The highest BCUT2D eigenvalue weighted by Gasteiger charge is 2.14. The Morgan fingerprint density at radius 1 is 1.00 bits per heavy atom. The third kappa shape index (κ3) is 4.39. The van der Waals surface area contributed by atoms with Crippen LogP contribution in [0.2, 0.25) is 10.0 Å². The topological polar surface area (TPSA) is 69.0 Å². The average Bonchev–Trinajstić information content (AvgIpc) is 3.22. The van der Waals surface area contributed by atoms with E-state index in [0.29, 0.717) is 22.0 Å². The lowest BCUT2D eigenvalue weighted by atomic mass is 10.2. The van der Waals surface area contributed by atoms with Crippen molar-refractivity contribution in [1.82, 2.24) is 14.8 Å². The Kier molecular flexibility index (Phi) is 5.46. The first kappa shape index (κ1) is 19.0. The van der Waals surface area contributed by atoms with Crippen molar-refractivity contribution in [2.75, 3.05) is 5.32 Å². The van der Waals surface area contributed by atoms with E-state index in [4.69, 9.17) is 27.9 Å². The van der Waals surface area contributed by atoms with Crippen LogP contribution in [-0.2, 0) is 0 Å². The van der Waals surface area contributed by atoms with Gasteiger partial charge in [0.15, 0.2) is 5.75 Å². The molecule has 0 aliphatic heterocycles. The molecule has 29 heavy (non-hydrogen) atoms. The zero-order chi connectivity index (χ0) is 20.2. The van der Waals surface area contributed by atoms with Gasteiger partial charge in [-0.25, -0.2) is 9.67 Å². The molecule has 0 saturated carbocycles. The van der Waals surface area contributed by atoms with E-state index in [1.54, 1.807) is 35.1 Å². The maximum Gasteiger partial charge on any atom is 0.258 e. The molecule has 4 rings (SSSR count). The molecule has 0 aliphatic carbocycles. The summed E-state index contributed by atoms with van der Waals surface area (Å²) in [6.45, 7) is 0. The van der Waals surface area contributed by atoms with Gasteiger partial charge < -0.3 is 10.1 Å². The number of nitrogens with zero attached hydrogens (tertiary/aromatic N) is 3. The van der Waals surface area contributed by atoms with Crippen LogP contribution in [0.25, 0.3) is 5.69 Å². The Balaban J connectivity index is 1.54. The first-order chi connectivity index (χ1) is 14.1. The van der Waals surface area contributed by atoms with Crippen molar-refractivity contribution in [3.05, 3.63) is 94.9 Å². The number of hydrogen-bond donors (Lipinski definition) is 1. The molecule has 144 valence electrons. The van der Waals surface area contributed by atoms with Crippen molar-refractivity contribution in [3.63, 3.8) is 0 Å². The fraction of sp³-hybridized carbons (Fsp3) is 0. The molecule has 2 aromatic heterocycles. The fourth-order valence-electron chi connectivity index (χ4n) is 2.60. The van der Waals surface area contributed by atoms with Crippen LogP contribution in [-0.4, -0.2) is 20.7 Å². The molecule has 0 fully saturated rings. The fourth-order valence-corrected chi connectivity index (χ4v) is 3.02. The van der Waals surface area contributed by atoms with Crippen LogP contribution in [0.4, 0.5) is 5.69 Å². The van der Waals surface area contributed by atoms with Crippen LogP contribution >= 0.6 is 23.2 Å². The van der Waals surface area contributed by atoms with E-state index in [-0.39, 0.29) is 16.8 Å². The number of halogens is 2. The van der Waals surface area contributed by atoms with Crippen molar-refractivity contribution >= 4 is 34.8 Å². The van der Waals surface area contributed by atoms with Gasteiger partial charge >= 0.3 is 0 Å². The second-order valence-electron chi connectivity index (χ2n) is 6.00. The van der Waals surface area contributed by atoms with Gasteiger partial charge in [0.1, 0.15) is 5.02 Å². The number of rotatable bonds is 5. The predicted molar refractivity (Wildman–Crippen MR) is 112 cm³/mol. The summed E-state index contributed by atoms with van der Waals surface area (Å²) in [5.41, 5.74) is 1.74. The van der Waals surface area contributed by atoms with Gasteiger partial charge in [0.2, 0.25) is 5.88 Å². The van der Waals surface area contributed by atoms with E-state index in [0.717, 1.165) is 5.69 Å². The van der Waals surface area contributed by atoms with Gasteiger partial charge in [0.25, 0.3) is 5.91 Å². The first-order valence-electron chi connectivity index (χ1n) is 8.59. The summed E-state index contributed by atoms with van der Waals surface area (Å²) in [6, 6.07) is 18.1. The standard InChI is InChI=1S/C21H14Cl2N4O2/c22-15-10-17(23)21(24-12-15)29-19-9-5-4-8-18(19)26-20(28)14-11-25-27(13-14)16-6-2-1-3-7-16/h1-13H,(H,26,28). The molecule has 0 saturated heterocycles. The molecule has 4 aromatic rings. The van der Waals surface area contributed by atoms with E-state index in [1.807, 2.05) is 30.3 Å². The summed E-state index contributed by atoms with van der Waals surface area (Å²) in [5, 5.41) is 7.74. The lowest BCUT2D eigenvalue weighted by molar-refractivity contribution is 0.102. The number of amides is 1. The molecular weight excluding hydrogens is 411 g/mol. The number of aromatic nitrogens is 3. The minimum atomic E-state index is -0.321. The Labute approximate surface area is 176 Å². The number of hydrogen-bond acceptors (Lipinski definition) is 4. The zero-order valence-corrected chi connectivity index (χ0v) is 16.4. The number of pyridine rings is 1. The van der Waals surface area contributed by atoms with Crippen LogP contribution in [0, 0.1) is 0 Å². The average molecular weight is 425 g/mol. The number of anilines is 1. The second kappa shape index (κ2) is 8.34. The molecule has 0 aliphatic rings. The summed E-state index contributed by atoms with van der Waals surface area (Å²) in [7, 11) is 0. The van der Waals surface area contributed by atoms with Crippen LogP contribution < -0.4 is 10.1 Å². The molecule has 0 unspecified atom stereocenters. The highest BCUT2D eigenvalue weighted by atomic mass is 35.5. The Bertz CT molecular complexity index is 1160. The van der Waals surface area contributed by atoms with E-state index < -0.39 is 0 Å². The first-order valence-corrected chi connectivity index (χ1v) is 9.35. The van der Waals surface area contributed by atoms with E-state index in [1.165, 1.54) is 18.5 Å². The largest absolute Gasteiger partial charge is 0.435 e. The maximum absolute atomic E-state index is 12.7. The molecule has 1 N–H and O–H groups in total. The normalized spacial score (nSPS) is 10.6. The van der Waals surface area contributed by atoms with E-state index in [2.05, 4.69) is 15.4 Å². The molecule has 0 bridgehead atoms. The number of carbonyl (C=O) groups is 1. The van der Waals surface area contributed by atoms with Crippen molar-refractivity contribution in [3.8, 4) is 17.3 Å². The van der Waals surface area contributed by atoms with Crippen LogP contribution in [0.3, 0.4) is 0 Å². The second-order valence-corrected chi connectivity index (χ2v) is 6.85. The van der Waals surface area contributed by atoms with Gasteiger partial charge in [-0.05, 0) is 30.3 Å². The molecule has 0 radical (unpaired) electrons. The third-order valence-corrected chi connectivity index (χ3v) is 4.46. The molecule has 0 spiro atoms. The van der Waals surface area contributed by atoms with Crippen molar-refractivity contribution in [2.45, 2.75) is 0 Å². The monoisotopic (exact) mass is 424 g/mol. The van der Waals surface area contributed by atoms with Gasteiger partial charge in [-0.2, -0.15) is 5.10 Å². The quantitative estimate of drug-likeness (QED) is 0.451. The summed E-state index contributed by atoms with van der Waals surface area (Å²) in [4.78, 5) is 16.8. The van der Waals surface area contributed by atoms with Crippen molar-refractivity contribution in [2.24, 2.45) is 0 Å². The Morgan fingerprint density at radius 3 is 2.55 bits per heavy atom. The summed E-state index contributed by atoms with van der Waals surface area (Å²) < 4.78 is 7.40. The molecule has 6 nitrogen and oxygen atoms in total. The highest BCUT2D eigenvalue weighted by Crippen LogP contribution is 2.33. The lowest BCUT2D eigenvalue weighted by Gasteiger charge is -2.12. The SMILES string of the molecule is O=C(Nc1ccccc1Oc1ncc(Cl)cc1Cl)c1cnn(-c2ccccc2)c1. The van der Waals surface area contributed by atoms with Gasteiger partial charge in [-0.15, -0.1) is 0 Å². The van der Waals surface area contributed by atoms with Crippen LogP contribution in [0.5, 0.6) is 11.6 Å². The summed E-state index contributed by atoms with van der Waals surface area (Å²) in [6.07, 6.45) is 4.59. The number of nitrogens with one attached hydrogen (secondary N) is 1. The molecule has 0 atom stereocenters. The minimum Gasteiger partial charge on any atom is -0.435 e. The van der Waals surface area contributed by atoms with Crippen molar-refractivity contribution in [1.29, 1.82) is 0 Å². The van der Waals surface area contributed by atoms with Gasteiger partial charge in [-0.1, -0.05) is 53.5 Å². The van der Waals surface area contributed by atoms with E-state index >= 15 is 0 Å². The molecule has 2 heterocycles.